The summed E-state index contributed by atoms with van der Waals surface area (Å²) in [5.41, 5.74) is -0.611. The second-order valence-corrected chi connectivity index (χ2v) is 5.31. The molecule has 0 saturated heterocycles. The lowest BCUT2D eigenvalue weighted by molar-refractivity contribution is -0.0929. The molecule has 0 amide bonds. The van der Waals surface area contributed by atoms with Crippen molar-refractivity contribution in [3.63, 3.8) is 0 Å². The minimum Gasteiger partial charge on any atom is -0.396 e. The van der Waals surface area contributed by atoms with Crippen LogP contribution in [0.25, 0.3) is 0 Å². The van der Waals surface area contributed by atoms with Crippen molar-refractivity contribution in [1.82, 2.24) is 0 Å². The predicted octanol–water partition coefficient (Wildman–Crippen LogP) is 2.19. The number of hydrogen-bond acceptors (Lipinski definition) is 2. The molecule has 2 heteroatoms. The van der Waals surface area contributed by atoms with Crippen LogP contribution in [0.2, 0.25) is 0 Å². The fourth-order valence-electron chi connectivity index (χ4n) is 3.02. The van der Waals surface area contributed by atoms with Crippen LogP contribution in [0.15, 0.2) is 0 Å². The Balaban J connectivity index is 2.72. The minimum atomic E-state index is -0.611. The summed E-state index contributed by atoms with van der Waals surface area (Å²) in [6.45, 7) is 6.64. The van der Waals surface area contributed by atoms with E-state index in [2.05, 4.69) is 20.8 Å². The fraction of sp³-hybridized carbons (Fsp3) is 1.00. The van der Waals surface area contributed by atoms with Gasteiger partial charge in [0, 0.05) is 6.61 Å². The average Bonchev–Trinajstić information content (AvgIpc) is 2.02. The van der Waals surface area contributed by atoms with E-state index in [4.69, 9.17) is 5.11 Å². The van der Waals surface area contributed by atoms with Gasteiger partial charge in [-0.15, -0.1) is 0 Å². The molecule has 0 bridgehead atoms. The molecule has 1 saturated carbocycles. The van der Waals surface area contributed by atoms with Crippen molar-refractivity contribution in [2.45, 2.75) is 52.1 Å². The molecule has 0 aromatic heterocycles. The van der Waals surface area contributed by atoms with Gasteiger partial charge in [-0.2, -0.15) is 0 Å². The molecule has 0 heterocycles. The highest BCUT2D eigenvalue weighted by molar-refractivity contribution is 4.93. The van der Waals surface area contributed by atoms with E-state index in [0.717, 1.165) is 12.8 Å². The molecule has 2 N–H and O–H groups in total. The first-order valence-corrected chi connectivity index (χ1v) is 5.83. The number of rotatable bonds is 3. The van der Waals surface area contributed by atoms with Crippen molar-refractivity contribution in [1.29, 1.82) is 0 Å². The molecule has 84 valence electrons. The first-order chi connectivity index (χ1) is 6.49. The normalized spacial score (nSPS) is 39.0. The van der Waals surface area contributed by atoms with Crippen LogP contribution in [0.5, 0.6) is 0 Å². The highest BCUT2D eigenvalue weighted by Crippen LogP contribution is 2.42. The summed E-state index contributed by atoms with van der Waals surface area (Å²) in [6, 6.07) is 0. The van der Waals surface area contributed by atoms with Crippen molar-refractivity contribution >= 4 is 0 Å². The Morgan fingerprint density at radius 1 is 1.36 bits per heavy atom. The molecule has 0 aromatic rings. The van der Waals surface area contributed by atoms with E-state index in [1.807, 2.05) is 0 Å². The van der Waals surface area contributed by atoms with E-state index in [0.29, 0.717) is 24.2 Å². The van der Waals surface area contributed by atoms with Gasteiger partial charge < -0.3 is 10.2 Å². The van der Waals surface area contributed by atoms with E-state index in [1.54, 1.807) is 0 Å². The smallest absolute Gasteiger partial charge is 0.0702 e. The summed E-state index contributed by atoms with van der Waals surface area (Å²) < 4.78 is 0. The molecule has 1 aliphatic rings. The first kappa shape index (κ1) is 12.0. The van der Waals surface area contributed by atoms with Crippen molar-refractivity contribution in [3.05, 3.63) is 0 Å². The van der Waals surface area contributed by atoms with Crippen molar-refractivity contribution in [3.8, 4) is 0 Å². The Kier molecular flexibility index (Phi) is 3.96. The third-order valence-electron chi connectivity index (χ3n) is 3.71. The molecule has 0 aromatic carbocycles. The van der Waals surface area contributed by atoms with Gasteiger partial charge in [-0.05, 0) is 37.0 Å². The summed E-state index contributed by atoms with van der Waals surface area (Å²) in [5, 5.41) is 19.5. The zero-order chi connectivity index (χ0) is 10.8. The average molecular weight is 200 g/mol. The molecule has 0 radical (unpaired) electrons. The van der Waals surface area contributed by atoms with Gasteiger partial charge in [0.2, 0.25) is 0 Å². The zero-order valence-electron chi connectivity index (χ0n) is 9.66. The van der Waals surface area contributed by atoms with Crippen LogP contribution in [0, 0.1) is 17.8 Å². The lowest BCUT2D eigenvalue weighted by Gasteiger charge is -2.44. The SMILES string of the molecule is CC(C)[C@@H]1CC[C@@H](C)C[C@@]1(O)CCO. The van der Waals surface area contributed by atoms with Crippen LogP contribution in [0.4, 0.5) is 0 Å². The Morgan fingerprint density at radius 2 is 2.00 bits per heavy atom. The molecule has 2 nitrogen and oxygen atoms in total. The van der Waals surface area contributed by atoms with Crippen LogP contribution in [-0.4, -0.2) is 22.4 Å². The molecule has 0 aliphatic heterocycles. The van der Waals surface area contributed by atoms with Gasteiger partial charge in [0.05, 0.1) is 5.60 Å². The summed E-state index contributed by atoms with van der Waals surface area (Å²) in [4.78, 5) is 0. The van der Waals surface area contributed by atoms with Crippen LogP contribution < -0.4 is 0 Å². The summed E-state index contributed by atoms with van der Waals surface area (Å²) in [5.74, 6) is 1.48. The van der Waals surface area contributed by atoms with Crippen molar-refractivity contribution in [2.75, 3.05) is 6.61 Å². The topological polar surface area (TPSA) is 40.5 Å². The Morgan fingerprint density at radius 3 is 2.50 bits per heavy atom. The Labute approximate surface area is 87.3 Å². The van der Waals surface area contributed by atoms with E-state index < -0.39 is 5.60 Å². The van der Waals surface area contributed by atoms with Crippen molar-refractivity contribution < 1.29 is 10.2 Å². The van der Waals surface area contributed by atoms with E-state index in [-0.39, 0.29) is 6.61 Å². The lowest BCUT2D eigenvalue weighted by Crippen LogP contribution is -2.46. The van der Waals surface area contributed by atoms with Crippen LogP contribution in [0.3, 0.4) is 0 Å². The quantitative estimate of drug-likeness (QED) is 0.733. The van der Waals surface area contributed by atoms with Crippen LogP contribution in [-0.2, 0) is 0 Å². The maximum absolute atomic E-state index is 10.5. The first-order valence-electron chi connectivity index (χ1n) is 5.83. The maximum atomic E-state index is 10.5. The highest BCUT2D eigenvalue weighted by atomic mass is 16.3. The second-order valence-electron chi connectivity index (χ2n) is 5.31. The van der Waals surface area contributed by atoms with Gasteiger partial charge in [-0.25, -0.2) is 0 Å². The predicted molar refractivity (Wildman–Crippen MR) is 58.0 cm³/mol. The molecule has 1 rings (SSSR count). The largest absolute Gasteiger partial charge is 0.396 e. The van der Waals surface area contributed by atoms with Crippen molar-refractivity contribution in [2.24, 2.45) is 17.8 Å². The standard InChI is InChI=1S/C12H24O2/c1-9(2)11-5-4-10(3)8-12(11,14)6-7-13/h9-11,13-14H,4-8H2,1-3H3/t10-,11+,12+/m1/s1. The lowest BCUT2D eigenvalue weighted by atomic mass is 9.66. The number of aliphatic hydroxyl groups excluding tert-OH is 1. The minimum absolute atomic E-state index is 0.104. The Bertz CT molecular complexity index is 179. The van der Waals surface area contributed by atoms with Gasteiger partial charge in [-0.1, -0.05) is 27.2 Å². The molecule has 1 fully saturated rings. The summed E-state index contributed by atoms with van der Waals surface area (Å²) in [7, 11) is 0. The Hall–Kier alpha value is -0.0800. The van der Waals surface area contributed by atoms with Gasteiger partial charge in [-0.3, -0.25) is 0 Å². The third-order valence-corrected chi connectivity index (χ3v) is 3.71. The third kappa shape index (κ3) is 2.48. The number of hydrogen-bond donors (Lipinski definition) is 2. The molecular weight excluding hydrogens is 176 g/mol. The second kappa shape index (κ2) is 4.63. The van der Waals surface area contributed by atoms with Crippen LogP contribution >= 0.6 is 0 Å². The van der Waals surface area contributed by atoms with Crippen LogP contribution in [0.1, 0.15) is 46.5 Å². The molecular formula is C12H24O2. The van der Waals surface area contributed by atoms with E-state index in [9.17, 15) is 5.11 Å². The summed E-state index contributed by atoms with van der Waals surface area (Å²) >= 11 is 0. The molecule has 1 aliphatic carbocycles. The van der Waals surface area contributed by atoms with Gasteiger partial charge >= 0.3 is 0 Å². The fourth-order valence-corrected chi connectivity index (χ4v) is 3.02. The molecule has 3 atom stereocenters. The maximum Gasteiger partial charge on any atom is 0.0702 e. The van der Waals surface area contributed by atoms with E-state index in [1.165, 1.54) is 6.42 Å². The van der Waals surface area contributed by atoms with Gasteiger partial charge in [0.25, 0.3) is 0 Å². The monoisotopic (exact) mass is 200 g/mol. The summed E-state index contributed by atoms with van der Waals surface area (Å²) in [6.07, 6.45) is 3.72. The highest BCUT2D eigenvalue weighted by Gasteiger charge is 2.41. The molecule has 0 unspecified atom stereocenters. The number of aliphatic hydroxyl groups is 2. The van der Waals surface area contributed by atoms with E-state index >= 15 is 0 Å². The van der Waals surface area contributed by atoms with Gasteiger partial charge in [0.15, 0.2) is 0 Å². The molecule has 0 spiro atoms. The molecule has 14 heavy (non-hydrogen) atoms. The van der Waals surface area contributed by atoms with Gasteiger partial charge in [0.1, 0.15) is 0 Å². The zero-order valence-corrected chi connectivity index (χ0v) is 9.66.